The maximum atomic E-state index is 12.6. The number of anilines is 1. The van der Waals surface area contributed by atoms with E-state index in [2.05, 4.69) is 30.8 Å². The van der Waals surface area contributed by atoms with Crippen molar-refractivity contribution in [2.75, 3.05) is 11.9 Å². The van der Waals surface area contributed by atoms with Gasteiger partial charge in [-0.1, -0.05) is 26.0 Å². The Hall–Kier alpha value is -2.96. The van der Waals surface area contributed by atoms with Crippen molar-refractivity contribution in [2.24, 2.45) is 5.92 Å². The third-order valence-corrected chi connectivity index (χ3v) is 4.04. The number of amides is 1. The standard InChI is InChI=1S/C18H22N6O/c1-12(2)16(18(25)19-9-7-13-8-10-22-24-13)23-17-14-5-3-4-6-15(14)20-11-21-17/h3-6,8,10-12,16H,7,9H2,1-2H3,(H,19,25)(H,22,24)(H,20,21,23)/t16-/m0/s1. The first-order chi connectivity index (χ1) is 12.1. The quantitative estimate of drug-likeness (QED) is 0.613. The molecule has 3 rings (SSSR count). The van der Waals surface area contributed by atoms with E-state index >= 15 is 0 Å². The van der Waals surface area contributed by atoms with Crippen molar-refractivity contribution in [1.29, 1.82) is 0 Å². The molecule has 7 heteroatoms. The van der Waals surface area contributed by atoms with E-state index in [1.54, 1.807) is 6.20 Å². The van der Waals surface area contributed by atoms with Gasteiger partial charge in [-0.05, 0) is 24.1 Å². The lowest BCUT2D eigenvalue weighted by atomic mass is 10.0. The van der Waals surface area contributed by atoms with Gasteiger partial charge in [0.25, 0.3) is 0 Å². The molecule has 7 nitrogen and oxygen atoms in total. The van der Waals surface area contributed by atoms with E-state index in [1.807, 2.05) is 44.2 Å². The number of rotatable bonds is 7. The summed E-state index contributed by atoms with van der Waals surface area (Å²) in [7, 11) is 0. The fourth-order valence-electron chi connectivity index (χ4n) is 2.66. The highest BCUT2D eigenvalue weighted by Crippen LogP contribution is 2.20. The van der Waals surface area contributed by atoms with Gasteiger partial charge in [0.05, 0.1) is 5.52 Å². The van der Waals surface area contributed by atoms with E-state index in [-0.39, 0.29) is 17.9 Å². The van der Waals surface area contributed by atoms with E-state index in [0.717, 1.165) is 16.6 Å². The molecule has 0 aliphatic carbocycles. The molecule has 0 unspecified atom stereocenters. The van der Waals surface area contributed by atoms with E-state index in [0.29, 0.717) is 18.8 Å². The summed E-state index contributed by atoms with van der Waals surface area (Å²) in [4.78, 5) is 21.2. The fraction of sp³-hybridized carbons (Fsp3) is 0.333. The maximum Gasteiger partial charge on any atom is 0.242 e. The molecule has 130 valence electrons. The molecule has 0 radical (unpaired) electrons. The van der Waals surface area contributed by atoms with Gasteiger partial charge in [-0.3, -0.25) is 9.89 Å². The minimum absolute atomic E-state index is 0.0443. The Morgan fingerprint density at radius 1 is 1.20 bits per heavy atom. The van der Waals surface area contributed by atoms with Gasteiger partial charge in [-0.25, -0.2) is 9.97 Å². The summed E-state index contributed by atoms with van der Waals surface area (Å²) in [5, 5.41) is 14.0. The summed E-state index contributed by atoms with van der Waals surface area (Å²) in [5.74, 6) is 0.742. The lowest BCUT2D eigenvalue weighted by Gasteiger charge is -2.22. The van der Waals surface area contributed by atoms with Crippen LogP contribution in [-0.2, 0) is 11.2 Å². The molecule has 3 N–H and O–H groups in total. The Labute approximate surface area is 146 Å². The van der Waals surface area contributed by atoms with E-state index in [9.17, 15) is 4.79 Å². The van der Waals surface area contributed by atoms with Crippen LogP contribution in [0.3, 0.4) is 0 Å². The van der Waals surface area contributed by atoms with Crippen LogP contribution < -0.4 is 10.6 Å². The number of para-hydroxylation sites is 1. The zero-order valence-corrected chi connectivity index (χ0v) is 14.4. The number of hydrogen-bond acceptors (Lipinski definition) is 5. The van der Waals surface area contributed by atoms with Crippen molar-refractivity contribution in [1.82, 2.24) is 25.5 Å². The zero-order valence-electron chi connectivity index (χ0n) is 14.4. The molecule has 1 atom stereocenters. The van der Waals surface area contributed by atoms with Crippen LogP contribution in [0.2, 0.25) is 0 Å². The number of fused-ring (bicyclic) bond motifs is 1. The van der Waals surface area contributed by atoms with Crippen LogP contribution >= 0.6 is 0 Å². The van der Waals surface area contributed by atoms with Gasteiger partial charge >= 0.3 is 0 Å². The third kappa shape index (κ3) is 4.12. The monoisotopic (exact) mass is 338 g/mol. The maximum absolute atomic E-state index is 12.6. The largest absolute Gasteiger partial charge is 0.358 e. The van der Waals surface area contributed by atoms with Gasteiger partial charge in [0.15, 0.2) is 0 Å². The molecule has 0 saturated carbocycles. The first-order valence-corrected chi connectivity index (χ1v) is 8.37. The smallest absolute Gasteiger partial charge is 0.242 e. The normalized spacial score (nSPS) is 12.3. The number of carbonyl (C=O) groups is 1. The lowest BCUT2D eigenvalue weighted by Crippen LogP contribution is -2.43. The fourth-order valence-corrected chi connectivity index (χ4v) is 2.66. The Morgan fingerprint density at radius 3 is 2.80 bits per heavy atom. The molecule has 3 aromatic rings. The average molecular weight is 338 g/mol. The highest BCUT2D eigenvalue weighted by molar-refractivity contribution is 5.92. The molecule has 0 fully saturated rings. The number of nitrogens with one attached hydrogen (secondary N) is 3. The number of carbonyl (C=O) groups excluding carboxylic acids is 1. The molecule has 2 aromatic heterocycles. The van der Waals surface area contributed by atoms with Crippen molar-refractivity contribution >= 4 is 22.6 Å². The van der Waals surface area contributed by atoms with Crippen molar-refractivity contribution < 1.29 is 4.79 Å². The van der Waals surface area contributed by atoms with E-state index < -0.39 is 0 Å². The number of H-pyrrole nitrogens is 1. The molecule has 0 aliphatic rings. The van der Waals surface area contributed by atoms with Crippen LogP contribution in [0.1, 0.15) is 19.5 Å². The molecular weight excluding hydrogens is 316 g/mol. The molecule has 0 spiro atoms. The van der Waals surface area contributed by atoms with Gasteiger partial charge in [-0.15, -0.1) is 0 Å². The van der Waals surface area contributed by atoms with Gasteiger partial charge in [0.2, 0.25) is 5.91 Å². The summed E-state index contributed by atoms with van der Waals surface area (Å²) >= 11 is 0. The highest BCUT2D eigenvalue weighted by atomic mass is 16.2. The summed E-state index contributed by atoms with van der Waals surface area (Å²) in [6, 6.07) is 9.27. The molecule has 0 aliphatic heterocycles. The second-order valence-electron chi connectivity index (χ2n) is 6.23. The summed E-state index contributed by atoms with van der Waals surface area (Å²) in [6.07, 6.45) is 3.93. The molecule has 1 aromatic carbocycles. The Balaban J connectivity index is 1.68. The Kier molecular flexibility index (Phi) is 5.23. The van der Waals surface area contributed by atoms with Crippen LogP contribution in [-0.4, -0.2) is 38.7 Å². The zero-order chi connectivity index (χ0) is 17.6. The van der Waals surface area contributed by atoms with Crippen LogP contribution in [0.5, 0.6) is 0 Å². The van der Waals surface area contributed by atoms with E-state index in [1.165, 1.54) is 6.33 Å². The predicted molar refractivity (Wildman–Crippen MR) is 97.1 cm³/mol. The van der Waals surface area contributed by atoms with Crippen molar-refractivity contribution in [3.05, 3.63) is 48.5 Å². The molecule has 0 saturated heterocycles. The summed E-state index contributed by atoms with van der Waals surface area (Å²) in [6.45, 7) is 4.57. The lowest BCUT2D eigenvalue weighted by molar-refractivity contribution is -0.122. The molecular formula is C18H22N6O. The molecule has 2 heterocycles. The number of benzene rings is 1. The van der Waals surface area contributed by atoms with Crippen LogP contribution in [0.25, 0.3) is 10.9 Å². The second kappa shape index (κ2) is 7.74. The Morgan fingerprint density at radius 2 is 2.04 bits per heavy atom. The van der Waals surface area contributed by atoms with Crippen molar-refractivity contribution in [2.45, 2.75) is 26.3 Å². The molecule has 0 bridgehead atoms. The number of aromatic amines is 1. The minimum Gasteiger partial charge on any atom is -0.358 e. The van der Waals surface area contributed by atoms with E-state index in [4.69, 9.17) is 0 Å². The topological polar surface area (TPSA) is 95.6 Å². The molecule has 25 heavy (non-hydrogen) atoms. The van der Waals surface area contributed by atoms with Gasteiger partial charge < -0.3 is 10.6 Å². The highest BCUT2D eigenvalue weighted by Gasteiger charge is 2.23. The predicted octanol–water partition coefficient (Wildman–Crippen LogP) is 2.15. The number of nitrogens with zero attached hydrogens (tertiary/aromatic N) is 3. The minimum atomic E-state index is -0.375. The van der Waals surface area contributed by atoms with Crippen LogP contribution in [0.4, 0.5) is 5.82 Å². The summed E-state index contributed by atoms with van der Waals surface area (Å²) < 4.78 is 0. The SMILES string of the molecule is CC(C)[C@H](Nc1ncnc2ccccc12)C(=O)NCCc1ccn[nH]1. The summed E-state index contributed by atoms with van der Waals surface area (Å²) in [5.41, 5.74) is 1.85. The molecule has 1 amide bonds. The van der Waals surface area contributed by atoms with Crippen molar-refractivity contribution in [3.63, 3.8) is 0 Å². The number of hydrogen-bond donors (Lipinski definition) is 3. The van der Waals surface area contributed by atoms with Crippen LogP contribution in [0, 0.1) is 5.92 Å². The number of aromatic nitrogens is 4. The van der Waals surface area contributed by atoms with Gasteiger partial charge in [0.1, 0.15) is 18.2 Å². The van der Waals surface area contributed by atoms with Gasteiger partial charge in [0, 0.05) is 30.2 Å². The Bertz CT molecular complexity index is 825. The first-order valence-electron chi connectivity index (χ1n) is 8.37. The van der Waals surface area contributed by atoms with Gasteiger partial charge in [-0.2, -0.15) is 5.10 Å². The van der Waals surface area contributed by atoms with Crippen LogP contribution in [0.15, 0.2) is 42.9 Å². The average Bonchev–Trinajstić information content (AvgIpc) is 3.12. The second-order valence-corrected chi connectivity index (χ2v) is 6.23. The van der Waals surface area contributed by atoms with Crippen molar-refractivity contribution in [3.8, 4) is 0 Å². The first kappa shape index (κ1) is 16.9. The third-order valence-electron chi connectivity index (χ3n) is 4.04.